The SMILES string of the molecule is COCC(=O)N1CCC(Oc2ccccc2C(=O)N2CCCO2)CC1. The third-order valence-corrected chi connectivity index (χ3v) is 4.45. The molecule has 136 valence electrons. The van der Waals surface area contributed by atoms with Gasteiger partial charge < -0.3 is 14.4 Å². The number of rotatable bonds is 5. The fourth-order valence-electron chi connectivity index (χ4n) is 3.11. The molecule has 2 aliphatic heterocycles. The van der Waals surface area contributed by atoms with Gasteiger partial charge in [-0.25, -0.2) is 5.06 Å². The Morgan fingerprint density at radius 2 is 1.96 bits per heavy atom. The number of nitrogens with zero attached hydrogens (tertiary/aromatic N) is 2. The standard InChI is InChI=1S/C18H24N2O5/c1-23-13-17(21)19-10-7-14(8-11-19)25-16-6-3-2-5-15(16)18(22)20-9-4-12-24-20/h2-3,5-6,14H,4,7-13H2,1H3. The first-order valence-corrected chi connectivity index (χ1v) is 8.66. The van der Waals surface area contributed by atoms with Crippen molar-refractivity contribution in [2.24, 2.45) is 0 Å². The Kier molecular flexibility index (Phi) is 5.88. The molecule has 1 aromatic rings. The summed E-state index contributed by atoms with van der Waals surface area (Å²) in [5.74, 6) is 0.410. The quantitative estimate of drug-likeness (QED) is 0.806. The lowest BCUT2D eigenvalue weighted by atomic mass is 10.1. The number of methoxy groups -OCH3 is 1. The number of hydrogen-bond donors (Lipinski definition) is 0. The maximum absolute atomic E-state index is 12.6. The molecule has 0 spiro atoms. The predicted molar refractivity (Wildman–Crippen MR) is 90.2 cm³/mol. The lowest BCUT2D eigenvalue weighted by Gasteiger charge is -2.32. The third kappa shape index (κ3) is 4.29. The van der Waals surface area contributed by atoms with E-state index < -0.39 is 0 Å². The van der Waals surface area contributed by atoms with Gasteiger partial charge in [-0.05, 0) is 18.6 Å². The average molecular weight is 348 g/mol. The minimum absolute atomic E-state index is 0.00251. The minimum Gasteiger partial charge on any atom is -0.489 e. The van der Waals surface area contributed by atoms with E-state index in [9.17, 15) is 9.59 Å². The molecule has 0 saturated carbocycles. The van der Waals surface area contributed by atoms with Crippen LogP contribution in [0.4, 0.5) is 0 Å². The molecule has 3 rings (SSSR count). The summed E-state index contributed by atoms with van der Waals surface area (Å²) in [7, 11) is 1.52. The Hall–Kier alpha value is -2.12. The number of para-hydroxylation sites is 1. The number of ether oxygens (including phenoxy) is 2. The number of amides is 2. The van der Waals surface area contributed by atoms with Crippen LogP contribution in [0.5, 0.6) is 5.75 Å². The van der Waals surface area contributed by atoms with E-state index in [0.717, 1.165) is 19.3 Å². The van der Waals surface area contributed by atoms with Crippen molar-refractivity contribution in [3.05, 3.63) is 29.8 Å². The van der Waals surface area contributed by atoms with Gasteiger partial charge in [0.25, 0.3) is 5.91 Å². The van der Waals surface area contributed by atoms with Crippen molar-refractivity contribution >= 4 is 11.8 Å². The van der Waals surface area contributed by atoms with Gasteiger partial charge >= 0.3 is 0 Å². The molecule has 0 unspecified atom stereocenters. The molecule has 2 fully saturated rings. The summed E-state index contributed by atoms with van der Waals surface area (Å²) in [5.41, 5.74) is 0.516. The summed E-state index contributed by atoms with van der Waals surface area (Å²) < 4.78 is 11.0. The van der Waals surface area contributed by atoms with Crippen LogP contribution in [0.2, 0.25) is 0 Å². The number of carbonyl (C=O) groups is 2. The van der Waals surface area contributed by atoms with Gasteiger partial charge in [-0.15, -0.1) is 0 Å². The van der Waals surface area contributed by atoms with Gasteiger partial charge in [0.15, 0.2) is 0 Å². The number of hydroxylamine groups is 2. The van der Waals surface area contributed by atoms with Gasteiger partial charge in [0, 0.05) is 33.0 Å². The summed E-state index contributed by atoms with van der Waals surface area (Å²) in [6.45, 7) is 2.56. The molecule has 0 radical (unpaired) electrons. The van der Waals surface area contributed by atoms with Gasteiger partial charge in [-0.2, -0.15) is 0 Å². The molecule has 2 saturated heterocycles. The summed E-state index contributed by atoms with van der Waals surface area (Å²) >= 11 is 0. The van der Waals surface area contributed by atoms with Crippen LogP contribution in [0.1, 0.15) is 29.6 Å². The van der Waals surface area contributed by atoms with Crippen LogP contribution in [-0.4, -0.2) is 67.8 Å². The monoisotopic (exact) mass is 348 g/mol. The highest BCUT2D eigenvalue weighted by molar-refractivity contribution is 5.96. The van der Waals surface area contributed by atoms with E-state index in [1.807, 2.05) is 18.2 Å². The van der Waals surface area contributed by atoms with Crippen molar-refractivity contribution in [1.29, 1.82) is 0 Å². The molecule has 0 aromatic heterocycles. The Morgan fingerprint density at radius 1 is 1.20 bits per heavy atom. The molecule has 2 aliphatic rings. The van der Waals surface area contributed by atoms with Crippen LogP contribution in [-0.2, 0) is 14.4 Å². The van der Waals surface area contributed by atoms with E-state index in [2.05, 4.69) is 0 Å². The van der Waals surface area contributed by atoms with Gasteiger partial charge in [0.2, 0.25) is 5.91 Å². The molecule has 0 bridgehead atoms. The van der Waals surface area contributed by atoms with E-state index in [1.165, 1.54) is 12.2 Å². The van der Waals surface area contributed by atoms with Crippen LogP contribution < -0.4 is 4.74 Å². The van der Waals surface area contributed by atoms with Crippen molar-refractivity contribution < 1.29 is 23.9 Å². The van der Waals surface area contributed by atoms with Crippen molar-refractivity contribution in [3.63, 3.8) is 0 Å². The topological polar surface area (TPSA) is 68.3 Å². The van der Waals surface area contributed by atoms with E-state index in [1.54, 1.807) is 11.0 Å². The van der Waals surface area contributed by atoms with Crippen molar-refractivity contribution in [1.82, 2.24) is 9.96 Å². The molecule has 0 aliphatic carbocycles. The zero-order valence-corrected chi connectivity index (χ0v) is 14.5. The molecule has 1 aromatic carbocycles. The fraction of sp³-hybridized carbons (Fsp3) is 0.556. The van der Waals surface area contributed by atoms with Gasteiger partial charge in [-0.1, -0.05) is 12.1 Å². The highest BCUT2D eigenvalue weighted by Crippen LogP contribution is 2.25. The second kappa shape index (κ2) is 8.31. The Labute approximate surface area is 147 Å². The van der Waals surface area contributed by atoms with Crippen molar-refractivity contribution in [2.45, 2.75) is 25.4 Å². The number of piperidine rings is 1. The van der Waals surface area contributed by atoms with Gasteiger partial charge in [-0.3, -0.25) is 14.4 Å². The van der Waals surface area contributed by atoms with Crippen LogP contribution in [0.25, 0.3) is 0 Å². The van der Waals surface area contributed by atoms with E-state index >= 15 is 0 Å². The van der Waals surface area contributed by atoms with E-state index in [4.69, 9.17) is 14.3 Å². The number of likely N-dealkylation sites (tertiary alicyclic amines) is 1. The van der Waals surface area contributed by atoms with Gasteiger partial charge in [0.05, 0.1) is 18.7 Å². The Bertz CT molecular complexity index is 607. The number of benzene rings is 1. The molecule has 0 atom stereocenters. The smallest absolute Gasteiger partial charge is 0.281 e. The molecule has 25 heavy (non-hydrogen) atoms. The Morgan fingerprint density at radius 3 is 2.64 bits per heavy atom. The second-order valence-electron chi connectivity index (χ2n) is 6.22. The normalized spacial score (nSPS) is 18.4. The lowest BCUT2D eigenvalue weighted by molar-refractivity contribution is -0.136. The molecule has 7 heteroatoms. The Balaban J connectivity index is 1.60. The zero-order chi connectivity index (χ0) is 17.6. The molecular weight excluding hydrogens is 324 g/mol. The molecule has 7 nitrogen and oxygen atoms in total. The molecule has 0 N–H and O–H groups in total. The van der Waals surface area contributed by atoms with Crippen molar-refractivity contribution in [2.75, 3.05) is 40.0 Å². The van der Waals surface area contributed by atoms with E-state index in [-0.39, 0.29) is 24.5 Å². The van der Waals surface area contributed by atoms with E-state index in [0.29, 0.717) is 37.6 Å². The summed E-state index contributed by atoms with van der Waals surface area (Å²) in [6, 6.07) is 7.25. The largest absolute Gasteiger partial charge is 0.489 e. The first kappa shape index (κ1) is 17.7. The highest BCUT2D eigenvalue weighted by atomic mass is 16.7. The maximum atomic E-state index is 12.6. The third-order valence-electron chi connectivity index (χ3n) is 4.45. The maximum Gasteiger partial charge on any atom is 0.281 e. The first-order chi connectivity index (χ1) is 12.2. The van der Waals surface area contributed by atoms with Gasteiger partial charge in [0.1, 0.15) is 18.5 Å². The van der Waals surface area contributed by atoms with Crippen LogP contribution in [0.15, 0.2) is 24.3 Å². The average Bonchev–Trinajstić information content (AvgIpc) is 3.17. The zero-order valence-electron chi connectivity index (χ0n) is 14.5. The fourth-order valence-corrected chi connectivity index (χ4v) is 3.11. The molecule has 2 heterocycles. The first-order valence-electron chi connectivity index (χ1n) is 8.66. The summed E-state index contributed by atoms with van der Waals surface area (Å²) in [4.78, 5) is 31.6. The van der Waals surface area contributed by atoms with Crippen LogP contribution in [0.3, 0.4) is 0 Å². The van der Waals surface area contributed by atoms with Crippen LogP contribution >= 0.6 is 0 Å². The summed E-state index contributed by atoms with van der Waals surface area (Å²) in [5, 5.41) is 1.40. The lowest BCUT2D eigenvalue weighted by Crippen LogP contribution is -2.43. The molecular formula is C18H24N2O5. The summed E-state index contributed by atoms with van der Waals surface area (Å²) in [6.07, 6.45) is 2.30. The predicted octanol–water partition coefficient (Wildman–Crippen LogP) is 1.48. The second-order valence-corrected chi connectivity index (χ2v) is 6.22. The molecule has 2 amide bonds. The van der Waals surface area contributed by atoms with Crippen LogP contribution in [0, 0.1) is 0 Å². The number of carbonyl (C=O) groups excluding carboxylic acids is 2. The van der Waals surface area contributed by atoms with Crippen molar-refractivity contribution in [3.8, 4) is 5.75 Å². The minimum atomic E-state index is -0.166. The number of hydrogen-bond acceptors (Lipinski definition) is 5. The highest BCUT2D eigenvalue weighted by Gasteiger charge is 2.27.